The third-order valence-electron chi connectivity index (χ3n) is 3.19. The van der Waals surface area contributed by atoms with Gasteiger partial charge in [-0.1, -0.05) is 12.1 Å². The van der Waals surface area contributed by atoms with Crippen LogP contribution in [-0.2, 0) is 6.54 Å². The smallest absolute Gasteiger partial charge is 0.122 e. The Morgan fingerprint density at radius 2 is 2.31 bits per heavy atom. The fraction of sp³-hybridized carbons (Fsp3) is 0.538. The van der Waals surface area contributed by atoms with Crippen molar-refractivity contribution in [2.24, 2.45) is 5.73 Å². The maximum absolute atomic E-state index is 5.89. The lowest BCUT2D eigenvalue weighted by molar-refractivity contribution is 0.326. The molecule has 1 aliphatic heterocycles. The number of likely N-dealkylation sites (tertiary alicyclic amines) is 1. The van der Waals surface area contributed by atoms with Gasteiger partial charge in [-0.2, -0.15) is 0 Å². The lowest BCUT2D eigenvalue weighted by atomic mass is 10.1. The van der Waals surface area contributed by atoms with Crippen molar-refractivity contribution in [3.8, 4) is 5.75 Å². The summed E-state index contributed by atoms with van der Waals surface area (Å²) < 4.78 is 5.33. The van der Waals surface area contributed by atoms with Crippen molar-refractivity contribution in [1.82, 2.24) is 4.90 Å². The van der Waals surface area contributed by atoms with E-state index in [1.54, 1.807) is 7.11 Å². The monoisotopic (exact) mass is 220 g/mol. The van der Waals surface area contributed by atoms with E-state index in [1.807, 2.05) is 0 Å². The van der Waals surface area contributed by atoms with Gasteiger partial charge in [-0.05, 0) is 30.5 Å². The molecule has 2 rings (SSSR count). The van der Waals surface area contributed by atoms with E-state index < -0.39 is 0 Å². The summed E-state index contributed by atoms with van der Waals surface area (Å²) in [6.45, 7) is 5.16. The van der Waals surface area contributed by atoms with Crippen LogP contribution in [-0.4, -0.2) is 31.1 Å². The first-order valence-electron chi connectivity index (χ1n) is 5.80. The van der Waals surface area contributed by atoms with Crippen LogP contribution < -0.4 is 10.5 Å². The molecular weight excluding hydrogens is 200 g/mol. The molecule has 3 heteroatoms. The number of benzene rings is 1. The highest BCUT2D eigenvalue weighted by atomic mass is 16.5. The number of hydrogen-bond acceptors (Lipinski definition) is 3. The summed E-state index contributed by atoms with van der Waals surface area (Å²) >= 11 is 0. The van der Waals surface area contributed by atoms with E-state index in [1.165, 1.54) is 11.1 Å². The van der Waals surface area contributed by atoms with Gasteiger partial charge in [-0.15, -0.1) is 0 Å². The fourth-order valence-electron chi connectivity index (χ4n) is 2.23. The van der Waals surface area contributed by atoms with Crippen LogP contribution in [0.5, 0.6) is 5.75 Å². The Morgan fingerprint density at radius 1 is 1.50 bits per heavy atom. The van der Waals surface area contributed by atoms with Gasteiger partial charge in [0, 0.05) is 25.7 Å². The summed E-state index contributed by atoms with van der Waals surface area (Å²) in [5.74, 6) is 0.973. The minimum absolute atomic E-state index is 0.354. The van der Waals surface area contributed by atoms with Crippen LogP contribution in [0.2, 0.25) is 0 Å². The first kappa shape index (κ1) is 11.4. The largest absolute Gasteiger partial charge is 0.496 e. The molecule has 0 spiro atoms. The number of aryl methyl sites for hydroxylation is 1. The quantitative estimate of drug-likeness (QED) is 0.839. The molecule has 1 aliphatic rings. The Bertz CT molecular complexity index is 365. The number of nitrogens with two attached hydrogens (primary N) is 1. The molecule has 2 N–H and O–H groups in total. The predicted molar refractivity (Wildman–Crippen MR) is 65.6 cm³/mol. The molecule has 0 saturated carbocycles. The van der Waals surface area contributed by atoms with Crippen LogP contribution in [0.4, 0.5) is 0 Å². The van der Waals surface area contributed by atoms with E-state index in [4.69, 9.17) is 10.5 Å². The Kier molecular flexibility index (Phi) is 3.46. The average molecular weight is 220 g/mol. The summed E-state index contributed by atoms with van der Waals surface area (Å²) in [7, 11) is 1.72. The van der Waals surface area contributed by atoms with Crippen molar-refractivity contribution in [2.45, 2.75) is 25.9 Å². The zero-order chi connectivity index (χ0) is 11.5. The van der Waals surface area contributed by atoms with Gasteiger partial charge in [0.15, 0.2) is 0 Å². The van der Waals surface area contributed by atoms with E-state index in [-0.39, 0.29) is 0 Å². The molecular formula is C13H20N2O. The molecule has 0 bridgehead atoms. The zero-order valence-electron chi connectivity index (χ0n) is 10.1. The summed E-state index contributed by atoms with van der Waals surface area (Å²) in [5.41, 5.74) is 8.38. The van der Waals surface area contributed by atoms with Crippen molar-refractivity contribution in [2.75, 3.05) is 20.2 Å². The van der Waals surface area contributed by atoms with E-state index in [2.05, 4.69) is 30.0 Å². The SMILES string of the molecule is COc1cc(CN2CC[C@H](N)C2)ccc1C. The van der Waals surface area contributed by atoms with Crippen molar-refractivity contribution in [3.63, 3.8) is 0 Å². The summed E-state index contributed by atoms with van der Waals surface area (Å²) in [6, 6.07) is 6.76. The minimum atomic E-state index is 0.354. The number of ether oxygens (including phenoxy) is 1. The maximum atomic E-state index is 5.89. The van der Waals surface area contributed by atoms with Gasteiger partial charge in [0.1, 0.15) is 5.75 Å². The van der Waals surface area contributed by atoms with Crippen LogP contribution in [0, 0.1) is 6.92 Å². The van der Waals surface area contributed by atoms with Gasteiger partial charge in [0.25, 0.3) is 0 Å². The minimum Gasteiger partial charge on any atom is -0.496 e. The third-order valence-corrected chi connectivity index (χ3v) is 3.19. The Hall–Kier alpha value is -1.06. The second-order valence-electron chi connectivity index (χ2n) is 4.59. The Morgan fingerprint density at radius 3 is 2.94 bits per heavy atom. The van der Waals surface area contributed by atoms with Gasteiger partial charge < -0.3 is 10.5 Å². The Labute approximate surface area is 97.2 Å². The zero-order valence-corrected chi connectivity index (χ0v) is 10.1. The standard InChI is InChI=1S/C13H20N2O/c1-10-3-4-11(7-13(10)16-2)8-15-6-5-12(14)9-15/h3-4,7,12H,5-6,8-9,14H2,1-2H3/t12-/m0/s1. The fourth-order valence-corrected chi connectivity index (χ4v) is 2.23. The van der Waals surface area contributed by atoms with E-state index in [0.717, 1.165) is 31.8 Å². The molecule has 3 nitrogen and oxygen atoms in total. The van der Waals surface area contributed by atoms with Gasteiger partial charge >= 0.3 is 0 Å². The van der Waals surface area contributed by atoms with Crippen LogP contribution in [0.25, 0.3) is 0 Å². The number of nitrogens with zero attached hydrogens (tertiary/aromatic N) is 1. The van der Waals surface area contributed by atoms with E-state index in [9.17, 15) is 0 Å². The summed E-state index contributed by atoms with van der Waals surface area (Å²) in [6.07, 6.45) is 1.11. The van der Waals surface area contributed by atoms with Crippen LogP contribution in [0.15, 0.2) is 18.2 Å². The average Bonchev–Trinajstić information content (AvgIpc) is 2.67. The highest BCUT2D eigenvalue weighted by Gasteiger charge is 2.18. The van der Waals surface area contributed by atoms with E-state index in [0.29, 0.717) is 6.04 Å². The first-order valence-corrected chi connectivity index (χ1v) is 5.80. The van der Waals surface area contributed by atoms with Crippen molar-refractivity contribution in [3.05, 3.63) is 29.3 Å². The molecule has 1 fully saturated rings. The number of rotatable bonds is 3. The molecule has 1 saturated heterocycles. The second kappa shape index (κ2) is 4.85. The van der Waals surface area contributed by atoms with E-state index >= 15 is 0 Å². The molecule has 0 radical (unpaired) electrons. The molecule has 0 amide bonds. The van der Waals surface area contributed by atoms with Crippen molar-refractivity contribution >= 4 is 0 Å². The van der Waals surface area contributed by atoms with Crippen LogP contribution >= 0.6 is 0 Å². The molecule has 0 aromatic heterocycles. The maximum Gasteiger partial charge on any atom is 0.122 e. The normalized spacial score (nSPS) is 21.3. The van der Waals surface area contributed by atoms with Crippen molar-refractivity contribution < 1.29 is 4.74 Å². The predicted octanol–water partition coefficient (Wildman–Crippen LogP) is 1.54. The summed E-state index contributed by atoms with van der Waals surface area (Å²) in [5, 5.41) is 0. The topological polar surface area (TPSA) is 38.5 Å². The van der Waals surface area contributed by atoms with Crippen LogP contribution in [0.3, 0.4) is 0 Å². The molecule has 0 unspecified atom stereocenters. The molecule has 0 aliphatic carbocycles. The first-order chi connectivity index (χ1) is 7.69. The molecule has 1 aromatic carbocycles. The van der Waals surface area contributed by atoms with Gasteiger partial charge in [0.2, 0.25) is 0 Å². The number of methoxy groups -OCH3 is 1. The summed E-state index contributed by atoms with van der Waals surface area (Å²) in [4.78, 5) is 2.40. The molecule has 16 heavy (non-hydrogen) atoms. The number of hydrogen-bond donors (Lipinski definition) is 1. The highest BCUT2D eigenvalue weighted by molar-refractivity contribution is 5.36. The lowest BCUT2D eigenvalue weighted by Crippen LogP contribution is -2.26. The Balaban J connectivity index is 2.04. The van der Waals surface area contributed by atoms with Crippen molar-refractivity contribution in [1.29, 1.82) is 0 Å². The van der Waals surface area contributed by atoms with Gasteiger partial charge in [-0.25, -0.2) is 0 Å². The lowest BCUT2D eigenvalue weighted by Gasteiger charge is -2.16. The van der Waals surface area contributed by atoms with Crippen LogP contribution in [0.1, 0.15) is 17.5 Å². The molecule has 88 valence electrons. The second-order valence-corrected chi connectivity index (χ2v) is 4.59. The van der Waals surface area contributed by atoms with Gasteiger partial charge in [0.05, 0.1) is 7.11 Å². The molecule has 1 heterocycles. The molecule has 1 aromatic rings. The molecule has 1 atom stereocenters. The highest BCUT2D eigenvalue weighted by Crippen LogP contribution is 2.21. The van der Waals surface area contributed by atoms with Gasteiger partial charge in [-0.3, -0.25) is 4.90 Å². The third kappa shape index (κ3) is 2.54.